The van der Waals surface area contributed by atoms with Gasteiger partial charge in [0.05, 0.1) is 6.61 Å². The van der Waals surface area contributed by atoms with Gasteiger partial charge < -0.3 is 10.5 Å². The number of hydrogen-bond donors (Lipinski definition) is 1. The summed E-state index contributed by atoms with van der Waals surface area (Å²) < 4.78 is 5.31. The van der Waals surface area contributed by atoms with Crippen LogP contribution in [0.25, 0.3) is 0 Å². The summed E-state index contributed by atoms with van der Waals surface area (Å²) in [5.74, 6) is 0.761. The zero-order valence-corrected chi connectivity index (χ0v) is 13.7. The highest BCUT2D eigenvalue weighted by atomic mass is 16.5. The van der Waals surface area contributed by atoms with Crippen molar-refractivity contribution in [3.63, 3.8) is 0 Å². The SMILES string of the molecule is CCC(C)N(CCOC)C(CN)c1ccccc1C1CC1. The Morgan fingerprint density at radius 2 is 2.05 bits per heavy atom. The van der Waals surface area contributed by atoms with Crippen molar-refractivity contribution >= 4 is 0 Å². The van der Waals surface area contributed by atoms with Gasteiger partial charge in [0.15, 0.2) is 0 Å². The Kier molecular flexibility index (Phi) is 6.22. The maximum atomic E-state index is 6.18. The fourth-order valence-electron chi connectivity index (χ4n) is 3.14. The topological polar surface area (TPSA) is 38.5 Å². The molecule has 2 unspecified atom stereocenters. The van der Waals surface area contributed by atoms with Crippen molar-refractivity contribution in [1.29, 1.82) is 0 Å². The van der Waals surface area contributed by atoms with Crippen molar-refractivity contribution in [3.05, 3.63) is 35.4 Å². The van der Waals surface area contributed by atoms with Crippen LogP contribution in [0, 0.1) is 0 Å². The molecule has 1 aliphatic carbocycles. The number of methoxy groups -OCH3 is 1. The highest BCUT2D eigenvalue weighted by Gasteiger charge is 2.30. The van der Waals surface area contributed by atoms with Gasteiger partial charge in [-0.2, -0.15) is 0 Å². The molecular weight excluding hydrogens is 260 g/mol. The Hall–Kier alpha value is -0.900. The second-order valence-corrected chi connectivity index (χ2v) is 6.14. The smallest absolute Gasteiger partial charge is 0.0590 e. The lowest BCUT2D eigenvalue weighted by Gasteiger charge is -2.36. The summed E-state index contributed by atoms with van der Waals surface area (Å²) in [6.07, 6.45) is 3.79. The molecule has 1 fully saturated rings. The fraction of sp³-hybridized carbons (Fsp3) is 0.667. The minimum absolute atomic E-state index is 0.298. The molecule has 21 heavy (non-hydrogen) atoms. The molecule has 3 nitrogen and oxygen atoms in total. The van der Waals surface area contributed by atoms with E-state index >= 15 is 0 Å². The fourth-order valence-corrected chi connectivity index (χ4v) is 3.14. The molecule has 0 bridgehead atoms. The number of nitrogens with two attached hydrogens (primary N) is 1. The standard InChI is InChI=1S/C18H30N2O/c1-4-14(2)20(11-12-21-3)18(13-19)17-8-6-5-7-16(17)15-9-10-15/h5-8,14-15,18H,4,9-13,19H2,1-3H3. The Morgan fingerprint density at radius 3 is 2.62 bits per heavy atom. The monoisotopic (exact) mass is 290 g/mol. The van der Waals surface area contributed by atoms with Gasteiger partial charge in [-0.1, -0.05) is 31.2 Å². The van der Waals surface area contributed by atoms with Crippen molar-refractivity contribution in [2.24, 2.45) is 5.73 Å². The highest BCUT2D eigenvalue weighted by Crippen LogP contribution is 2.43. The summed E-state index contributed by atoms with van der Waals surface area (Å²) in [5, 5.41) is 0. The predicted octanol–water partition coefficient (Wildman–Crippen LogP) is 3.31. The Morgan fingerprint density at radius 1 is 1.33 bits per heavy atom. The van der Waals surface area contributed by atoms with Gasteiger partial charge in [-0.05, 0) is 43.2 Å². The first kappa shape index (κ1) is 16.5. The zero-order valence-electron chi connectivity index (χ0n) is 13.7. The van der Waals surface area contributed by atoms with Crippen molar-refractivity contribution in [2.75, 3.05) is 26.8 Å². The summed E-state index contributed by atoms with van der Waals surface area (Å²) in [5.41, 5.74) is 9.12. The van der Waals surface area contributed by atoms with Crippen LogP contribution in [0.4, 0.5) is 0 Å². The molecule has 3 heteroatoms. The third kappa shape index (κ3) is 4.06. The van der Waals surface area contributed by atoms with Gasteiger partial charge >= 0.3 is 0 Å². The lowest BCUT2D eigenvalue weighted by atomic mass is 9.95. The van der Waals surface area contributed by atoms with Crippen LogP contribution >= 0.6 is 0 Å². The summed E-state index contributed by atoms with van der Waals surface area (Å²) in [6, 6.07) is 9.68. The molecule has 2 N–H and O–H groups in total. The summed E-state index contributed by atoms with van der Waals surface area (Å²) in [4.78, 5) is 2.52. The van der Waals surface area contributed by atoms with Gasteiger partial charge in [-0.15, -0.1) is 0 Å². The Balaban J connectivity index is 2.26. The largest absolute Gasteiger partial charge is 0.383 e. The first-order valence-electron chi connectivity index (χ1n) is 8.26. The van der Waals surface area contributed by atoms with Gasteiger partial charge in [-0.25, -0.2) is 0 Å². The van der Waals surface area contributed by atoms with Crippen LogP contribution in [0.2, 0.25) is 0 Å². The first-order valence-corrected chi connectivity index (χ1v) is 8.26. The number of rotatable bonds is 9. The normalized spacial score (nSPS) is 18.0. The van der Waals surface area contributed by atoms with Gasteiger partial charge in [0.2, 0.25) is 0 Å². The molecule has 0 aliphatic heterocycles. The maximum Gasteiger partial charge on any atom is 0.0590 e. The van der Waals surface area contributed by atoms with E-state index in [9.17, 15) is 0 Å². The average Bonchev–Trinajstić information content (AvgIpc) is 3.35. The number of benzene rings is 1. The Labute approximate surface area is 129 Å². The molecule has 0 saturated heterocycles. The van der Waals surface area contributed by atoms with Crippen LogP contribution in [0.15, 0.2) is 24.3 Å². The van der Waals surface area contributed by atoms with Crippen LogP contribution in [-0.4, -0.2) is 37.7 Å². The van der Waals surface area contributed by atoms with E-state index in [1.165, 1.54) is 24.0 Å². The first-order chi connectivity index (χ1) is 10.2. The van der Waals surface area contributed by atoms with E-state index in [-0.39, 0.29) is 0 Å². The van der Waals surface area contributed by atoms with E-state index in [1.54, 1.807) is 7.11 Å². The van der Waals surface area contributed by atoms with Crippen LogP contribution in [0.5, 0.6) is 0 Å². The molecule has 2 rings (SSSR count). The van der Waals surface area contributed by atoms with Crippen LogP contribution in [-0.2, 0) is 4.74 Å². The van der Waals surface area contributed by atoms with Crippen molar-refractivity contribution in [3.8, 4) is 0 Å². The zero-order chi connectivity index (χ0) is 15.2. The van der Waals surface area contributed by atoms with Crippen LogP contribution in [0.3, 0.4) is 0 Å². The molecule has 1 aliphatic rings. The van der Waals surface area contributed by atoms with E-state index in [0.29, 0.717) is 18.6 Å². The van der Waals surface area contributed by atoms with E-state index in [2.05, 4.69) is 43.0 Å². The van der Waals surface area contributed by atoms with Crippen LogP contribution in [0.1, 0.15) is 56.2 Å². The van der Waals surface area contributed by atoms with Gasteiger partial charge in [0.1, 0.15) is 0 Å². The third-order valence-electron chi connectivity index (χ3n) is 4.71. The van der Waals surface area contributed by atoms with Gasteiger partial charge in [0.25, 0.3) is 0 Å². The second-order valence-electron chi connectivity index (χ2n) is 6.14. The van der Waals surface area contributed by atoms with Crippen molar-refractivity contribution in [2.45, 2.75) is 51.1 Å². The van der Waals surface area contributed by atoms with E-state index < -0.39 is 0 Å². The van der Waals surface area contributed by atoms with Gasteiger partial charge in [0, 0.05) is 32.3 Å². The summed E-state index contributed by atoms with van der Waals surface area (Å²) >= 11 is 0. The molecule has 1 aromatic rings. The Bertz CT molecular complexity index is 431. The molecule has 0 aromatic heterocycles. The van der Waals surface area contributed by atoms with Crippen molar-refractivity contribution < 1.29 is 4.74 Å². The average molecular weight is 290 g/mol. The maximum absolute atomic E-state index is 6.18. The molecular formula is C18H30N2O. The minimum Gasteiger partial charge on any atom is -0.383 e. The quantitative estimate of drug-likeness (QED) is 0.758. The molecule has 1 saturated carbocycles. The van der Waals surface area contributed by atoms with E-state index in [1.807, 2.05) is 0 Å². The third-order valence-corrected chi connectivity index (χ3v) is 4.71. The number of hydrogen-bond acceptors (Lipinski definition) is 3. The summed E-state index contributed by atoms with van der Waals surface area (Å²) in [7, 11) is 1.77. The molecule has 2 atom stereocenters. The minimum atomic E-state index is 0.298. The molecule has 118 valence electrons. The molecule has 0 amide bonds. The highest BCUT2D eigenvalue weighted by molar-refractivity contribution is 5.36. The lowest BCUT2D eigenvalue weighted by molar-refractivity contribution is 0.0899. The number of ether oxygens (including phenoxy) is 1. The predicted molar refractivity (Wildman–Crippen MR) is 88.5 cm³/mol. The lowest BCUT2D eigenvalue weighted by Crippen LogP contribution is -2.42. The molecule has 1 aromatic carbocycles. The molecule has 0 spiro atoms. The van der Waals surface area contributed by atoms with Gasteiger partial charge in [-0.3, -0.25) is 4.90 Å². The number of nitrogens with zero attached hydrogens (tertiary/aromatic N) is 1. The van der Waals surface area contributed by atoms with Crippen LogP contribution < -0.4 is 5.73 Å². The molecule has 0 radical (unpaired) electrons. The van der Waals surface area contributed by atoms with E-state index in [4.69, 9.17) is 10.5 Å². The van der Waals surface area contributed by atoms with E-state index in [0.717, 1.165) is 25.5 Å². The summed E-state index contributed by atoms with van der Waals surface area (Å²) in [6.45, 7) is 6.89. The van der Waals surface area contributed by atoms with Crippen molar-refractivity contribution in [1.82, 2.24) is 4.90 Å². The second kappa shape index (κ2) is 7.92. The molecule has 0 heterocycles.